The first-order valence-corrected chi connectivity index (χ1v) is 33.6. The van der Waals surface area contributed by atoms with Crippen LogP contribution in [0.15, 0.2) is 34.9 Å². The van der Waals surface area contributed by atoms with Crippen LogP contribution >= 0.6 is 55.9 Å². The van der Waals surface area contributed by atoms with Crippen molar-refractivity contribution in [3.8, 4) is 40.9 Å². The molecule has 19 atom stereocenters. The summed E-state index contributed by atoms with van der Waals surface area (Å²) >= 11 is 2.82. The van der Waals surface area contributed by atoms with Crippen LogP contribution in [-0.2, 0) is 61.9 Å². The summed E-state index contributed by atoms with van der Waals surface area (Å²) in [4.78, 5) is 62.2. The maximum Gasteiger partial charge on any atom is 0.319 e. The number of carbonyl (C=O) groups is 4. The van der Waals surface area contributed by atoms with Gasteiger partial charge in [-0.05, 0) is 81.5 Å². The van der Waals surface area contributed by atoms with Crippen LogP contribution in [-0.4, -0.2) is 235 Å². The van der Waals surface area contributed by atoms with Crippen molar-refractivity contribution in [1.82, 2.24) is 10.4 Å². The number of thioether (sulfide) groups is 1. The van der Waals surface area contributed by atoms with Crippen LogP contribution in [0.5, 0.6) is 17.2 Å². The minimum atomic E-state index is -2.01. The molecule has 0 unspecified atom stereocenters. The number of rotatable bonds is 25. The summed E-state index contributed by atoms with van der Waals surface area (Å²) < 4.78 is 73.1. The zero-order chi connectivity index (χ0) is 65.2. The highest BCUT2D eigenvalue weighted by molar-refractivity contribution is 14.1. The molecule has 1 aromatic carbocycles. The van der Waals surface area contributed by atoms with E-state index in [9.17, 15) is 44.7 Å². The molecule has 4 saturated heterocycles. The maximum absolute atomic E-state index is 14.5. The number of nitrogens with one attached hydrogen (secondary N) is 1. The van der Waals surface area contributed by atoms with Crippen LogP contribution in [0.25, 0.3) is 0 Å². The Morgan fingerprint density at radius 2 is 1.60 bits per heavy atom. The number of halogens is 1. The molecule has 1 aromatic rings. The summed E-state index contributed by atoms with van der Waals surface area (Å²) in [5.74, 6) is 10.9. The maximum atomic E-state index is 14.5. The monoisotopic (exact) mass is 1420 g/mol. The lowest BCUT2D eigenvalue weighted by molar-refractivity contribution is -0.337. The van der Waals surface area contributed by atoms with Crippen LogP contribution in [0.3, 0.4) is 0 Å². The molecule has 24 nitrogen and oxygen atoms in total. The van der Waals surface area contributed by atoms with Crippen LogP contribution < -0.4 is 19.7 Å². The van der Waals surface area contributed by atoms with Crippen molar-refractivity contribution in [3.05, 3.63) is 49.6 Å². The predicted octanol–water partition coefficient (Wildman–Crippen LogP) is 3.88. The van der Waals surface area contributed by atoms with Gasteiger partial charge >= 0.3 is 5.97 Å². The number of carbonyl (C=O) groups excluding carboxylic acids is 4. The second-order valence-corrected chi connectivity index (χ2v) is 27.6. The standard InChI is InChI=1S/C61H83IN2O22S3/c1-14-64(27-42(68)75-10)37-28-79-43(25-41(37)74-9)84-55-50(70)48(32(6)81-60(55)83-40-19-17-15-16-18-21-61(73)26-39(67)35(23-30(4)65)46(40)36(61)20-22-87-89-29(2)3)63-86-44-24-38(66)57(34(8)80-44)88-58(72)45-31(5)47(62)53(56(78-13)52(45)76-11)85-59-51(71)54(77-12)49(69)33(7)82-59/h15-16,20,29,32-34,37-38,40-41,43-44,48-51,54-55,57,59-60,63,66,69-71,73H,14,22-28H2,1-13H3/b16-15-,36-20+/t32-,33+,34-,37+,38+,40+,41+,43+,44+,48-,49+,50+,51-,54-,55-,57-,59+,60+,61+/m1/s1. The quantitative estimate of drug-likeness (QED) is 0.0202. The molecule has 4 heterocycles. The highest BCUT2D eigenvalue weighted by Crippen LogP contribution is 2.49. The van der Waals surface area contributed by atoms with Crippen molar-refractivity contribution in [2.45, 2.75) is 202 Å². The van der Waals surface area contributed by atoms with E-state index >= 15 is 0 Å². The number of nitrogens with zero attached hydrogens (tertiary/aromatic N) is 1. The third-order valence-corrected chi connectivity index (χ3v) is 21.5. The summed E-state index contributed by atoms with van der Waals surface area (Å²) in [5.41, 5.74) is 1.92. The van der Waals surface area contributed by atoms with Gasteiger partial charge in [0.05, 0.1) is 97.9 Å². The van der Waals surface area contributed by atoms with Crippen molar-refractivity contribution in [2.24, 2.45) is 0 Å². The molecule has 0 radical (unpaired) electrons. The van der Waals surface area contributed by atoms with Gasteiger partial charge in [0, 0.05) is 61.2 Å². The summed E-state index contributed by atoms with van der Waals surface area (Å²) in [7, 11) is 10.0. The average molecular weight is 1420 g/mol. The molecule has 28 heteroatoms. The number of methoxy groups -OCH3 is 5. The van der Waals surface area contributed by atoms with E-state index in [1.165, 1.54) is 65.4 Å². The Morgan fingerprint density at radius 3 is 2.24 bits per heavy atom. The van der Waals surface area contributed by atoms with E-state index in [4.69, 9.17) is 61.7 Å². The number of ether oxygens (including phenoxy) is 12. The van der Waals surface area contributed by atoms with Gasteiger partial charge in [-0.15, -0.1) is 0 Å². The number of hydrogen-bond donors (Lipinski definition) is 6. The van der Waals surface area contributed by atoms with Crippen LogP contribution in [0.1, 0.15) is 90.1 Å². The van der Waals surface area contributed by atoms with Gasteiger partial charge in [0.15, 0.2) is 41.8 Å². The normalized spacial score (nSPS) is 34.7. The molecular weight excluding hydrogens is 1340 g/mol. The Hall–Kier alpha value is -3.42. The number of aliphatic hydroxyl groups is 5. The van der Waals surface area contributed by atoms with Gasteiger partial charge in [-0.25, -0.2) is 0 Å². The number of hydroxylamine groups is 1. The fourth-order valence-electron chi connectivity index (χ4n) is 11.4. The van der Waals surface area contributed by atoms with Gasteiger partial charge in [-0.2, -0.15) is 5.48 Å². The SMILES string of the molecule is CCN(CC(=O)OC)[C@H]1CO[C@@H](O[C@H]2[C@H](O[C@H]3C#C/C=C\C#C[C@]4(O)CC(=O)C(CC(C)=O)=C3/C4=C\CSSC(C)C)O[C@H](C)[C@@H](NO[C@H]3C[C@H](O)[C@H](SC(=O)c4c(C)c(I)c(O[C@@H]5O[C@@H](C)[C@H](O)[C@@H](OC)[C@H]5O)c(OC)c4OC)[C@@H](C)O3)[C@@H]2O)C[C@@H]1OC. The van der Waals surface area contributed by atoms with Crippen LogP contribution in [0.2, 0.25) is 0 Å². The number of likely N-dealkylation sites (N-methyl/N-ethyl adjacent to an activating group) is 1. The molecule has 0 saturated carbocycles. The number of aliphatic hydroxyl groups excluding tert-OH is 4. The van der Waals surface area contributed by atoms with Crippen molar-refractivity contribution >= 4 is 78.6 Å². The number of ketones is 2. The van der Waals surface area contributed by atoms with E-state index in [-0.39, 0.29) is 83.0 Å². The van der Waals surface area contributed by atoms with Gasteiger partial charge in [0.25, 0.3) is 0 Å². The Kier molecular flexibility index (Phi) is 27.2. The van der Waals surface area contributed by atoms with Crippen molar-refractivity contribution in [3.63, 3.8) is 0 Å². The second kappa shape index (κ2) is 33.1. The molecule has 0 spiro atoms. The topological polar surface area (TPSA) is 305 Å². The first-order valence-electron chi connectivity index (χ1n) is 29.2. The molecule has 0 amide bonds. The Bertz CT molecular complexity index is 2900. The van der Waals surface area contributed by atoms with Crippen LogP contribution in [0, 0.1) is 34.2 Å². The summed E-state index contributed by atoms with van der Waals surface area (Å²) in [6.07, 6.45) is -13.4. The third-order valence-electron chi connectivity index (χ3n) is 16.0. The summed E-state index contributed by atoms with van der Waals surface area (Å²) in [6.45, 7) is 14.4. The number of allylic oxidation sites excluding steroid dienone is 3. The smallest absolute Gasteiger partial charge is 0.319 e. The fraction of sp³-hybridized carbons (Fsp3) is 0.672. The number of benzene rings is 1. The minimum absolute atomic E-state index is 0.0202. The largest absolute Gasteiger partial charge is 0.492 e. The lowest BCUT2D eigenvalue weighted by atomic mass is 9.72. The number of fused-ring (bicyclic) bond motifs is 2. The van der Waals surface area contributed by atoms with Gasteiger partial charge in [0.1, 0.15) is 42.4 Å². The van der Waals surface area contributed by atoms with Crippen molar-refractivity contribution in [2.75, 3.05) is 61.0 Å². The molecule has 2 bridgehead atoms. The van der Waals surface area contributed by atoms with E-state index in [0.29, 0.717) is 21.4 Å². The van der Waals surface area contributed by atoms with Crippen molar-refractivity contribution in [1.29, 1.82) is 0 Å². The number of esters is 1. The lowest BCUT2D eigenvalue weighted by Gasteiger charge is -2.47. The fourth-order valence-corrected chi connectivity index (χ4v) is 15.0. The predicted molar refractivity (Wildman–Crippen MR) is 337 cm³/mol. The first-order chi connectivity index (χ1) is 42.3. The van der Waals surface area contributed by atoms with Gasteiger partial charge in [-0.3, -0.25) is 28.9 Å². The molecule has 7 rings (SSSR count). The zero-order valence-electron chi connectivity index (χ0n) is 52.1. The Labute approximate surface area is 545 Å². The zero-order valence-corrected chi connectivity index (χ0v) is 56.7. The first kappa shape index (κ1) is 73.0. The van der Waals surface area contributed by atoms with Gasteiger partial charge in [-0.1, -0.05) is 83.9 Å². The highest BCUT2D eigenvalue weighted by atomic mass is 127. The highest BCUT2D eigenvalue weighted by Gasteiger charge is 2.52. The van der Waals surface area contributed by atoms with Crippen LogP contribution in [0.4, 0.5) is 0 Å². The molecule has 2 aliphatic carbocycles. The second-order valence-electron chi connectivity index (χ2n) is 22.4. The third kappa shape index (κ3) is 17.3. The molecular formula is C61H83IN2O22S3. The minimum Gasteiger partial charge on any atom is -0.492 e. The van der Waals surface area contributed by atoms with E-state index < -0.39 is 139 Å². The van der Waals surface area contributed by atoms with Gasteiger partial charge < -0.3 is 82.4 Å². The average Bonchev–Trinajstić information content (AvgIpc) is 1.38. The van der Waals surface area contributed by atoms with E-state index in [0.717, 1.165) is 11.8 Å². The molecule has 89 heavy (non-hydrogen) atoms. The lowest BCUT2D eigenvalue weighted by Crippen LogP contribution is -2.65. The molecule has 6 aliphatic rings. The van der Waals surface area contributed by atoms with E-state index in [1.807, 2.05) is 48.3 Å². The molecule has 4 fully saturated rings. The van der Waals surface area contributed by atoms with E-state index in [2.05, 4.69) is 29.2 Å². The van der Waals surface area contributed by atoms with Gasteiger partial charge in [0.2, 0.25) is 17.2 Å². The Morgan fingerprint density at radius 1 is 0.888 bits per heavy atom. The number of Topliss-reactive ketones (excluding diaryl/α,β-unsaturated/α-hetero) is 2. The van der Waals surface area contributed by atoms with Crippen molar-refractivity contribution < 1.29 is 106 Å². The summed E-state index contributed by atoms with van der Waals surface area (Å²) in [5, 5.41) is 57.4. The number of hydrogen-bond acceptors (Lipinski definition) is 27. The Balaban J connectivity index is 1.14. The van der Waals surface area contributed by atoms with E-state index in [1.54, 1.807) is 44.6 Å². The molecule has 4 aliphatic heterocycles. The summed E-state index contributed by atoms with van der Waals surface area (Å²) in [6, 6.07) is -1.52. The molecule has 0 aromatic heterocycles. The molecule has 494 valence electrons. The molecule has 6 N–H and O–H groups in total.